The highest BCUT2D eigenvalue weighted by atomic mass is 79.9. The van der Waals surface area contributed by atoms with Gasteiger partial charge in [0.05, 0.1) is 104 Å². The van der Waals surface area contributed by atoms with Crippen LogP contribution in [0.5, 0.6) is 0 Å². The van der Waals surface area contributed by atoms with Crippen LogP contribution in [-0.2, 0) is 58.9 Å². The van der Waals surface area contributed by atoms with Crippen LogP contribution in [0.1, 0.15) is 101 Å². The number of ether oxygens (including phenoxy) is 5. The Morgan fingerprint density at radius 3 is 1.10 bits per heavy atom. The molecule has 36 heteroatoms. The minimum atomic E-state index is -1.02. The van der Waals surface area contributed by atoms with E-state index in [9.17, 15) is 38.4 Å². The van der Waals surface area contributed by atoms with Gasteiger partial charge in [0.2, 0.25) is 11.6 Å². The van der Waals surface area contributed by atoms with Crippen molar-refractivity contribution in [3.8, 4) is 0 Å². The zero-order valence-corrected chi connectivity index (χ0v) is 62.4. The molecule has 5 aromatic heterocycles. The van der Waals surface area contributed by atoms with Gasteiger partial charge in [0.1, 0.15) is 23.0 Å². The lowest BCUT2D eigenvalue weighted by atomic mass is 10.2. The van der Waals surface area contributed by atoms with Crippen LogP contribution in [0.25, 0.3) is 0 Å². The smallest absolute Gasteiger partial charge is 0.403 e. The second kappa shape index (κ2) is 40.8. The van der Waals surface area contributed by atoms with E-state index in [4.69, 9.17) is 62.0 Å². The molecule has 0 unspecified atom stereocenters. The third kappa shape index (κ3) is 27.4. The topological polar surface area (TPSA) is 342 Å². The van der Waals surface area contributed by atoms with Crippen LogP contribution in [0.2, 0.25) is 15.1 Å². The summed E-state index contributed by atoms with van der Waals surface area (Å²) in [5, 5.41) is 14.5. The first-order valence-corrected chi connectivity index (χ1v) is 31.6. The highest BCUT2D eigenvalue weighted by Crippen LogP contribution is 2.25. The van der Waals surface area contributed by atoms with E-state index in [1.165, 1.54) is 80.9 Å². The number of carbonyl (C=O) groups is 8. The van der Waals surface area contributed by atoms with Gasteiger partial charge in [-0.1, -0.05) is 62.5 Å². The number of carbonyl (C=O) groups excluding carboxylic acids is 7. The number of carboxylic acid groups (broad SMARTS) is 1. The Morgan fingerprint density at radius 2 is 0.849 bits per heavy atom. The molecule has 2 amide bonds. The molecular weight excluding hydrogens is 1630 g/mol. The zero-order chi connectivity index (χ0) is 70.6. The number of nitrogens with zero attached hydrogens (tertiary/aromatic N) is 10. The molecular formula is C57H62Br5Cl4N13O14. The summed E-state index contributed by atoms with van der Waals surface area (Å²) < 4.78 is 35.1. The van der Waals surface area contributed by atoms with Crippen molar-refractivity contribution in [3.63, 3.8) is 0 Å². The number of aryl methyl sites for hydroxylation is 1. The predicted octanol–water partition coefficient (Wildman–Crippen LogP) is 13.5. The van der Waals surface area contributed by atoms with Crippen molar-refractivity contribution in [2.24, 2.45) is 47.1 Å². The second-order valence-electron chi connectivity index (χ2n) is 18.9. The number of imidazole rings is 5. The molecule has 5 N–H and O–H groups in total. The monoisotopic (exact) mass is 1690 g/mol. The van der Waals surface area contributed by atoms with E-state index >= 15 is 0 Å². The molecule has 27 nitrogen and oxygen atoms in total. The number of aromatic nitrogens is 10. The van der Waals surface area contributed by atoms with E-state index in [2.05, 4.69) is 134 Å². The fraction of sp³-hybridized carbons (Fsp3) is 0.281. The fourth-order valence-corrected chi connectivity index (χ4v) is 8.30. The molecule has 8 rings (SSSR count). The molecule has 8 aromatic rings. The lowest BCUT2D eigenvalue weighted by Gasteiger charge is -2.08. The van der Waals surface area contributed by atoms with Crippen molar-refractivity contribution >= 4 is 190 Å². The Bertz CT molecular complexity index is 3740. The van der Waals surface area contributed by atoms with Crippen LogP contribution in [0.4, 0.5) is 21.9 Å². The number of benzene rings is 3. The number of anilines is 3. The molecule has 0 spiro atoms. The Balaban J connectivity index is 0.000000382. The summed E-state index contributed by atoms with van der Waals surface area (Å²) in [5.74, 6) is -2.16. The molecule has 5 heterocycles. The van der Waals surface area contributed by atoms with Gasteiger partial charge in [-0.3, -0.25) is 9.59 Å². The number of esters is 4. The molecule has 0 saturated heterocycles. The van der Waals surface area contributed by atoms with Crippen LogP contribution in [0.3, 0.4) is 0 Å². The van der Waals surface area contributed by atoms with Crippen LogP contribution in [-0.4, -0.2) is 134 Å². The number of hydrogen-bond acceptors (Lipinski definition) is 19. The average molecular weight is 1690 g/mol. The summed E-state index contributed by atoms with van der Waals surface area (Å²) in [6, 6.07) is 13.7. The molecule has 3 aromatic carbocycles. The van der Waals surface area contributed by atoms with Gasteiger partial charge in [-0.2, -0.15) is 0 Å². The van der Waals surface area contributed by atoms with Gasteiger partial charge in [-0.25, -0.2) is 53.7 Å². The van der Waals surface area contributed by atoms with E-state index in [0.29, 0.717) is 72.3 Å². The van der Waals surface area contributed by atoms with Crippen LogP contribution < -0.4 is 16.4 Å². The number of aromatic carboxylic acids is 1. The van der Waals surface area contributed by atoms with Gasteiger partial charge in [0.15, 0.2) is 11.6 Å². The number of methoxy groups -OCH3 is 3. The lowest BCUT2D eigenvalue weighted by molar-refractivity contribution is 0.0438. The number of nitrogen functional groups attached to an aromatic ring is 1. The number of carboxylic acids is 1. The first-order valence-electron chi connectivity index (χ1n) is 26.2. The molecule has 0 aliphatic rings. The van der Waals surface area contributed by atoms with Crippen LogP contribution in [0.15, 0.2) is 115 Å². The molecule has 0 atom stereocenters. The van der Waals surface area contributed by atoms with Gasteiger partial charge in [-0.05, 0) is 146 Å². The van der Waals surface area contributed by atoms with E-state index in [1.54, 1.807) is 78.8 Å². The van der Waals surface area contributed by atoms with E-state index < -0.39 is 29.3 Å². The summed E-state index contributed by atoms with van der Waals surface area (Å²) >= 11 is 38.7. The Labute approximate surface area is 595 Å². The third-order valence-corrected chi connectivity index (χ3v) is 15.8. The minimum Gasteiger partial charge on any atom is -0.475 e. The SMILES string of the molecule is CC(C)COC(=O)Cl.CC(C)COC(=O)c1ncc(Br)n1C.COC(=O)c1ccc(N)cc1Cl.COC(=O)c1ccc(NC(=O)c2ncc(Br)n2C)cc1Cl.COC(=O)c1ccc(NC(=O)c2ncc(Br)n2C)cc1Cl.Cn1c(Br)cnc1C(=O)O.Cn1cncc1Br. The molecule has 0 fully saturated rings. The van der Waals surface area contributed by atoms with Crippen LogP contribution in [0, 0.1) is 11.8 Å². The van der Waals surface area contributed by atoms with Crippen molar-refractivity contribution in [1.82, 2.24) is 47.8 Å². The van der Waals surface area contributed by atoms with E-state index in [-0.39, 0.29) is 56.4 Å². The normalized spacial score (nSPS) is 10.1. The molecule has 0 saturated carbocycles. The summed E-state index contributed by atoms with van der Waals surface area (Å²) in [4.78, 5) is 109. The quantitative estimate of drug-likeness (QED) is 0.0360. The van der Waals surface area contributed by atoms with Crippen molar-refractivity contribution in [2.75, 3.05) is 50.9 Å². The van der Waals surface area contributed by atoms with Gasteiger partial charge < -0.3 is 68.0 Å². The Hall–Kier alpha value is -7.17. The molecule has 0 aliphatic carbocycles. The number of amides is 2. The largest absolute Gasteiger partial charge is 0.475 e. The maximum absolute atomic E-state index is 12.1. The minimum absolute atomic E-state index is 0.0341. The first kappa shape index (κ1) is 81.9. The lowest BCUT2D eigenvalue weighted by Crippen LogP contribution is -2.17. The molecule has 0 radical (unpaired) electrons. The Morgan fingerprint density at radius 1 is 0.505 bits per heavy atom. The van der Waals surface area contributed by atoms with Crippen molar-refractivity contribution in [1.29, 1.82) is 0 Å². The number of halogens is 9. The van der Waals surface area contributed by atoms with Crippen molar-refractivity contribution < 1.29 is 67.1 Å². The van der Waals surface area contributed by atoms with Crippen molar-refractivity contribution in [2.45, 2.75) is 27.7 Å². The Kier molecular flexibility index (Phi) is 36.0. The van der Waals surface area contributed by atoms with E-state index in [0.717, 1.165) is 9.21 Å². The summed E-state index contributed by atoms with van der Waals surface area (Å²) in [6.07, 6.45) is 9.57. The summed E-state index contributed by atoms with van der Waals surface area (Å²) in [6.45, 7) is 8.69. The number of rotatable bonds is 13. The molecule has 93 heavy (non-hydrogen) atoms. The van der Waals surface area contributed by atoms with Crippen LogP contribution >= 0.6 is 126 Å². The van der Waals surface area contributed by atoms with E-state index in [1.807, 2.05) is 39.3 Å². The number of hydrogen-bond donors (Lipinski definition) is 4. The molecule has 502 valence electrons. The highest BCUT2D eigenvalue weighted by Gasteiger charge is 2.19. The van der Waals surface area contributed by atoms with Gasteiger partial charge in [-0.15, -0.1) is 0 Å². The van der Waals surface area contributed by atoms with Gasteiger partial charge >= 0.3 is 35.3 Å². The molecule has 0 bridgehead atoms. The highest BCUT2D eigenvalue weighted by molar-refractivity contribution is 9.11. The summed E-state index contributed by atoms with van der Waals surface area (Å²) in [7, 11) is 12.6. The maximum Gasteiger partial charge on any atom is 0.403 e. The predicted molar refractivity (Wildman–Crippen MR) is 367 cm³/mol. The zero-order valence-electron chi connectivity index (χ0n) is 51.4. The molecule has 0 aliphatic heterocycles. The third-order valence-electron chi connectivity index (χ3n) is 11.0. The van der Waals surface area contributed by atoms with Gasteiger partial charge in [0.25, 0.3) is 11.8 Å². The standard InChI is InChI=1S/2C13H11BrClN3O3.C9H13BrN2O2.C8H8ClNO2.C5H5BrN2O2.C5H9ClO2.C4H5BrN2/c2*1-18-10(14)6-16-11(18)12(19)17-7-3-4-8(9(15)5-7)13(20)21-2;1-6(2)5-14-9(13)8-11-4-7(10)12(8)3;1-12-8(11)6-3-2-5(10)4-7(6)9;1-8-3(6)2-7-4(8)5(9)10;1-4(2)3-8-5(6)7;1-7-3-6-2-4(7)5/h2*3-6H,1-2H3,(H,17,19);4,6H,5H2,1-3H3;2-4H,10H2,1H3;2H,1H3,(H,9,10);4H,3H2,1-2H3;2-3H,1H3. The maximum atomic E-state index is 12.1. The van der Waals surface area contributed by atoms with Crippen molar-refractivity contribution in [3.05, 3.63) is 170 Å². The van der Waals surface area contributed by atoms with Gasteiger partial charge in [0, 0.05) is 63.9 Å². The fourth-order valence-electron chi connectivity index (χ4n) is 6.16. The average Bonchev–Trinajstić information content (AvgIpc) is 2.10. The first-order chi connectivity index (χ1) is 43.6. The number of nitrogens with one attached hydrogen (secondary N) is 2. The second-order valence-corrected chi connectivity index (χ2v) is 24.5. The summed E-state index contributed by atoms with van der Waals surface area (Å²) in [5.41, 5.74) is 6.93. The number of nitrogens with two attached hydrogens (primary N) is 1.